The Hall–Kier alpha value is -1.21. The molecule has 2 aromatic heterocycles. The molecule has 3 rings (SSSR count). The predicted octanol–water partition coefficient (Wildman–Crippen LogP) is 2.39. The van der Waals surface area contributed by atoms with E-state index in [1.807, 2.05) is 11.4 Å². The number of sulfone groups is 1. The van der Waals surface area contributed by atoms with E-state index in [-0.39, 0.29) is 22.4 Å². The van der Waals surface area contributed by atoms with Crippen molar-refractivity contribution < 1.29 is 12.9 Å². The monoisotopic (exact) mass is 312 g/mol. The van der Waals surface area contributed by atoms with Gasteiger partial charge in [-0.05, 0) is 23.3 Å². The van der Waals surface area contributed by atoms with E-state index >= 15 is 0 Å². The number of hydrogen-bond donors (Lipinski definition) is 0. The Labute approximate surface area is 121 Å². The van der Waals surface area contributed by atoms with E-state index in [9.17, 15) is 8.42 Å². The van der Waals surface area contributed by atoms with Crippen molar-refractivity contribution in [3.8, 4) is 0 Å². The summed E-state index contributed by atoms with van der Waals surface area (Å²) in [7, 11) is -3.15. The summed E-state index contributed by atoms with van der Waals surface area (Å²) >= 11 is 1.67. The summed E-state index contributed by atoms with van der Waals surface area (Å²) in [4.78, 5) is 5.52. The molecule has 2 heterocycles. The van der Waals surface area contributed by atoms with Crippen molar-refractivity contribution in [1.82, 2.24) is 10.1 Å². The number of nitrogens with zero attached hydrogens (tertiary/aromatic N) is 2. The van der Waals surface area contributed by atoms with Gasteiger partial charge in [-0.3, -0.25) is 0 Å². The highest BCUT2D eigenvalue weighted by Gasteiger charge is 2.67. The fourth-order valence-corrected chi connectivity index (χ4v) is 4.44. The van der Waals surface area contributed by atoms with Crippen LogP contribution in [0.2, 0.25) is 0 Å². The molecule has 0 aromatic carbocycles. The molecule has 1 aliphatic carbocycles. The summed E-state index contributed by atoms with van der Waals surface area (Å²) in [6.07, 6.45) is 2.10. The quantitative estimate of drug-likeness (QED) is 0.866. The second-order valence-electron chi connectivity index (χ2n) is 6.03. The van der Waals surface area contributed by atoms with E-state index in [0.29, 0.717) is 5.89 Å². The van der Waals surface area contributed by atoms with Gasteiger partial charge in [-0.15, -0.1) is 11.3 Å². The fourth-order valence-electron chi connectivity index (χ4n) is 2.75. The first-order valence-corrected chi connectivity index (χ1v) is 9.23. The number of thiophene rings is 1. The Morgan fingerprint density at radius 2 is 2.15 bits per heavy atom. The predicted molar refractivity (Wildman–Crippen MR) is 76.3 cm³/mol. The van der Waals surface area contributed by atoms with Crippen LogP contribution in [0.15, 0.2) is 22.0 Å². The average Bonchev–Trinajstić information content (AvgIpc) is 2.80. The molecule has 0 spiro atoms. The van der Waals surface area contributed by atoms with E-state index in [1.54, 1.807) is 11.3 Å². The minimum absolute atomic E-state index is 0.0484. The normalized spacial score (nSPS) is 24.8. The van der Waals surface area contributed by atoms with Gasteiger partial charge in [0.1, 0.15) is 5.75 Å². The second kappa shape index (κ2) is 4.14. The van der Waals surface area contributed by atoms with Gasteiger partial charge in [0, 0.05) is 11.1 Å². The lowest BCUT2D eigenvalue weighted by molar-refractivity contribution is 0.338. The molecule has 0 amide bonds. The van der Waals surface area contributed by atoms with Crippen molar-refractivity contribution in [2.24, 2.45) is 5.41 Å². The van der Waals surface area contributed by atoms with Crippen molar-refractivity contribution in [1.29, 1.82) is 0 Å². The number of aromatic nitrogens is 2. The van der Waals surface area contributed by atoms with Gasteiger partial charge in [0.15, 0.2) is 15.7 Å². The Morgan fingerprint density at radius 3 is 2.65 bits per heavy atom. The van der Waals surface area contributed by atoms with Crippen LogP contribution in [0.1, 0.15) is 36.9 Å². The summed E-state index contributed by atoms with van der Waals surface area (Å²) in [5.41, 5.74) is -0.212. The first-order valence-electron chi connectivity index (χ1n) is 6.29. The molecule has 0 N–H and O–H groups in total. The summed E-state index contributed by atoms with van der Waals surface area (Å²) in [6, 6.07) is 4.07. The maximum Gasteiger partial charge on any atom is 0.238 e. The van der Waals surface area contributed by atoms with Gasteiger partial charge < -0.3 is 4.52 Å². The highest BCUT2D eigenvalue weighted by molar-refractivity contribution is 7.89. The molecular formula is C13H16N2O3S2. The number of rotatable bonds is 4. The highest BCUT2D eigenvalue weighted by atomic mass is 32.2. The Balaban J connectivity index is 2.00. The second-order valence-corrected chi connectivity index (χ2v) is 9.12. The molecule has 0 radical (unpaired) electrons. The molecule has 7 heteroatoms. The molecule has 1 atom stereocenters. The average molecular weight is 312 g/mol. The van der Waals surface area contributed by atoms with Crippen LogP contribution >= 0.6 is 11.3 Å². The molecule has 0 aliphatic heterocycles. The van der Waals surface area contributed by atoms with E-state index in [1.165, 1.54) is 11.1 Å². The lowest BCUT2D eigenvalue weighted by Crippen LogP contribution is -2.15. The summed E-state index contributed by atoms with van der Waals surface area (Å²) < 4.78 is 28.0. The Morgan fingerprint density at radius 1 is 1.45 bits per heavy atom. The molecule has 0 saturated heterocycles. The molecule has 108 valence electrons. The van der Waals surface area contributed by atoms with Crippen LogP contribution in [0.4, 0.5) is 0 Å². The Kier molecular flexibility index (Phi) is 2.85. The third-order valence-electron chi connectivity index (χ3n) is 3.90. The molecule has 20 heavy (non-hydrogen) atoms. The van der Waals surface area contributed by atoms with Crippen LogP contribution in [0.25, 0.3) is 0 Å². The van der Waals surface area contributed by atoms with Gasteiger partial charge >= 0.3 is 0 Å². The highest BCUT2D eigenvalue weighted by Crippen LogP contribution is 2.68. The lowest BCUT2D eigenvalue weighted by atomic mass is 9.94. The number of hydrogen-bond acceptors (Lipinski definition) is 6. The van der Waals surface area contributed by atoms with Crippen molar-refractivity contribution in [3.05, 3.63) is 34.1 Å². The van der Waals surface area contributed by atoms with Crippen LogP contribution < -0.4 is 0 Å². The van der Waals surface area contributed by atoms with E-state index in [0.717, 1.165) is 6.42 Å². The van der Waals surface area contributed by atoms with Crippen molar-refractivity contribution in [3.63, 3.8) is 0 Å². The first-order chi connectivity index (χ1) is 9.25. The Bertz CT molecular complexity index is 732. The molecule has 1 aliphatic rings. The molecule has 1 unspecified atom stereocenters. The van der Waals surface area contributed by atoms with Gasteiger partial charge in [0.05, 0.1) is 5.41 Å². The van der Waals surface area contributed by atoms with Crippen LogP contribution in [0.5, 0.6) is 0 Å². The standard InChI is InChI=1S/C13H16N2O3S2/c1-12(2)8-13(12,9-5-4-6-19-9)11-14-10(15-18-11)7-20(3,16)17/h4-6H,7-8H2,1-3H3. The van der Waals surface area contributed by atoms with Gasteiger partial charge in [-0.25, -0.2) is 8.42 Å². The topological polar surface area (TPSA) is 73.1 Å². The van der Waals surface area contributed by atoms with Crippen LogP contribution in [-0.2, 0) is 21.0 Å². The summed E-state index contributed by atoms with van der Waals surface area (Å²) in [5, 5.41) is 5.85. The summed E-state index contributed by atoms with van der Waals surface area (Å²) in [5.74, 6) is 0.585. The molecular weight excluding hydrogens is 296 g/mol. The van der Waals surface area contributed by atoms with Crippen molar-refractivity contribution in [2.75, 3.05) is 6.26 Å². The SMILES string of the molecule is CC1(C)CC1(c1nc(CS(C)(=O)=O)no1)c1cccs1. The largest absolute Gasteiger partial charge is 0.338 e. The molecule has 1 saturated carbocycles. The zero-order valence-corrected chi connectivity index (χ0v) is 13.2. The molecule has 5 nitrogen and oxygen atoms in total. The minimum Gasteiger partial charge on any atom is -0.338 e. The van der Waals surface area contributed by atoms with Gasteiger partial charge in [-0.2, -0.15) is 4.98 Å². The van der Waals surface area contributed by atoms with Crippen LogP contribution in [0, 0.1) is 5.41 Å². The van der Waals surface area contributed by atoms with E-state index in [2.05, 4.69) is 30.1 Å². The minimum atomic E-state index is -3.15. The fraction of sp³-hybridized carbons (Fsp3) is 0.538. The van der Waals surface area contributed by atoms with E-state index < -0.39 is 9.84 Å². The summed E-state index contributed by atoms with van der Waals surface area (Å²) in [6.45, 7) is 4.32. The third kappa shape index (κ3) is 2.09. The van der Waals surface area contributed by atoms with Gasteiger partial charge in [-0.1, -0.05) is 25.1 Å². The van der Waals surface area contributed by atoms with Crippen molar-refractivity contribution >= 4 is 21.2 Å². The van der Waals surface area contributed by atoms with Gasteiger partial charge in [0.2, 0.25) is 5.89 Å². The van der Waals surface area contributed by atoms with Gasteiger partial charge in [0.25, 0.3) is 0 Å². The van der Waals surface area contributed by atoms with Crippen molar-refractivity contribution in [2.45, 2.75) is 31.4 Å². The van der Waals surface area contributed by atoms with Crippen LogP contribution in [0.3, 0.4) is 0 Å². The van der Waals surface area contributed by atoms with E-state index in [4.69, 9.17) is 4.52 Å². The maximum atomic E-state index is 11.3. The zero-order valence-electron chi connectivity index (χ0n) is 11.6. The molecule has 0 bridgehead atoms. The lowest BCUT2D eigenvalue weighted by Gasteiger charge is -2.14. The van der Waals surface area contributed by atoms with Crippen LogP contribution in [-0.4, -0.2) is 24.8 Å². The zero-order chi connectivity index (χ0) is 14.6. The first kappa shape index (κ1) is 13.8. The molecule has 2 aromatic rings. The maximum absolute atomic E-state index is 11.3. The molecule has 1 fully saturated rings. The third-order valence-corrected chi connectivity index (χ3v) is 5.72. The smallest absolute Gasteiger partial charge is 0.238 e.